The highest BCUT2D eigenvalue weighted by atomic mass is 19.1. The first-order chi connectivity index (χ1) is 16.5. The number of aromatic nitrogens is 1. The molecule has 1 aliphatic heterocycles. The van der Waals surface area contributed by atoms with Crippen molar-refractivity contribution in [2.75, 3.05) is 18.4 Å². The average Bonchev–Trinajstić information content (AvgIpc) is 2.80. The lowest BCUT2D eigenvalue weighted by molar-refractivity contribution is 0.0270. The van der Waals surface area contributed by atoms with Gasteiger partial charge in [0.25, 0.3) is 5.91 Å². The number of nitrogens with one attached hydrogen (secondary N) is 2. The molecule has 8 heteroatoms. The Morgan fingerprint density at radius 1 is 1.26 bits per heavy atom. The van der Waals surface area contributed by atoms with Crippen molar-refractivity contribution in [3.05, 3.63) is 75.3 Å². The molecule has 2 aromatic rings. The minimum atomic E-state index is -0.580. The molecule has 0 radical (unpaired) electrons. The first-order valence-electron chi connectivity index (χ1n) is 11.7. The summed E-state index contributed by atoms with van der Waals surface area (Å²) in [6, 6.07) is 5.59. The Morgan fingerprint density at radius 3 is 2.54 bits per heavy atom. The Morgan fingerprint density at radius 2 is 2.00 bits per heavy atom. The van der Waals surface area contributed by atoms with Gasteiger partial charge in [-0.05, 0) is 63.8 Å². The standard InChI is InChI=1S/C27H32FN3O4/c1-6-17(7-2)21-16-29-24(15-23(21)32)30-25(33)19-8-9-20(22(28)14-19)18-10-12-31(13-11-18)26(34)35-27(3,4)5/h6,8-10,14-16H,7,11-13H2,1-5H3,(H2,29,30,32,33)/b17-6+. The van der Waals surface area contributed by atoms with Crippen molar-refractivity contribution < 1.29 is 18.7 Å². The number of amides is 2. The summed E-state index contributed by atoms with van der Waals surface area (Å²) in [7, 11) is 0. The summed E-state index contributed by atoms with van der Waals surface area (Å²) in [5.41, 5.74) is 1.96. The summed E-state index contributed by atoms with van der Waals surface area (Å²) < 4.78 is 20.3. The SMILES string of the molecule is C/C=C(\CC)c1c[nH]c(NC(=O)c2ccc(C3=CCN(C(=O)OC(C)(C)C)CC3)c(F)c2)cc1=O. The molecule has 0 saturated carbocycles. The summed E-state index contributed by atoms with van der Waals surface area (Å²) in [6.07, 6.45) is 6.03. The highest BCUT2D eigenvalue weighted by Crippen LogP contribution is 2.26. The summed E-state index contributed by atoms with van der Waals surface area (Å²) in [4.78, 5) is 41.8. The molecule has 7 nitrogen and oxygen atoms in total. The number of aromatic amines is 1. The molecule has 35 heavy (non-hydrogen) atoms. The molecule has 0 bridgehead atoms. The number of ether oxygens (including phenoxy) is 1. The Balaban J connectivity index is 1.69. The second-order valence-corrected chi connectivity index (χ2v) is 9.35. The van der Waals surface area contributed by atoms with Gasteiger partial charge in [-0.2, -0.15) is 0 Å². The zero-order valence-electron chi connectivity index (χ0n) is 20.8. The maximum Gasteiger partial charge on any atom is 0.410 e. The van der Waals surface area contributed by atoms with Crippen molar-refractivity contribution in [3.63, 3.8) is 0 Å². The van der Waals surface area contributed by atoms with Crippen molar-refractivity contribution in [3.8, 4) is 0 Å². The molecule has 0 saturated heterocycles. The highest BCUT2D eigenvalue weighted by Gasteiger charge is 2.24. The predicted octanol–water partition coefficient (Wildman–Crippen LogP) is 5.60. The van der Waals surface area contributed by atoms with E-state index in [1.165, 1.54) is 18.2 Å². The maximum atomic E-state index is 14.9. The quantitative estimate of drug-likeness (QED) is 0.581. The number of H-pyrrole nitrogens is 1. The number of nitrogens with zero attached hydrogens (tertiary/aromatic N) is 1. The van der Waals surface area contributed by atoms with Gasteiger partial charge in [-0.25, -0.2) is 9.18 Å². The van der Waals surface area contributed by atoms with Gasteiger partial charge < -0.3 is 19.9 Å². The Labute approximate surface area is 204 Å². The van der Waals surface area contributed by atoms with E-state index in [0.717, 1.165) is 11.1 Å². The van der Waals surface area contributed by atoms with E-state index < -0.39 is 23.4 Å². The zero-order valence-corrected chi connectivity index (χ0v) is 20.8. The molecule has 0 unspecified atom stereocenters. The third-order valence-corrected chi connectivity index (χ3v) is 5.67. The highest BCUT2D eigenvalue weighted by molar-refractivity contribution is 6.04. The first-order valence-corrected chi connectivity index (χ1v) is 11.7. The van der Waals surface area contributed by atoms with Crippen LogP contribution in [0.3, 0.4) is 0 Å². The van der Waals surface area contributed by atoms with Crippen LogP contribution in [0.1, 0.15) is 68.9 Å². The van der Waals surface area contributed by atoms with Gasteiger partial charge in [0.1, 0.15) is 17.2 Å². The summed E-state index contributed by atoms with van der Waals surface area (Å²) >= 11 is 0. The summed E-state index contributed by atoms with van der Waals surface area (Å²) in [5.74, 6) is -0.828. The zero-order chi connectivity index (χ0) is 25.8. The van der Waals surface area contributed by atoms with E-state index in [-0.39, 0.29) is 16.8 Å². The van der Waals surface area contributed by atoms with Gasteiger partial charge in [0, 0.05) is 42.0 Å². The van der Waals surface area contributed by atoms with E-state index in [2.05, 4.69) is 10.3 Å². The van der Waals surface area contributed by atoms with Crippen LogP contribution < -0.4 is 10.7 Å². The van der Waals surface area contributed by atoms with E-state index in [1.54, 1.807) is 23.2 Å². The van der Waals surface area contributed by atoms with Crippen LogP contribution in [-0.4, -0.2) is 40.6 Å². The number of rotatable bonds is 5. The van der Waals surface area contributed by atoms with Crippen LogP contribution >= 0.6 is 0 Å². The molecule has 1 aliphatic rings. The summed E-state index contributed by atoms with van der Waals surface area (Å²) in [5, 5.41) is 2.61. The van der Waals surface area contributed by atoms with E-state index in [4.69, 9.17) is 4.74 Å². The molecule has 0 atom stereocenters. The normalized spacial score (nSPS) is 14.4. The van der Waals surface area contributed by atoms with Crippen LogP contribution in [-0.2, 0) is 4.74 Å². The molecule has 0 spiro atoms. The number of allylic oxidation sites excluding steroid dienone is 2. The lowest BCUT2D eigenvalue weighted by Gasteiger charge is -2.29. The van der Waals surface area contributed by atoms with Crippen LogP contribution in [0.15, 0.2) is 47.4 Å². The second kappa shape index (κ2) is 10.7. The topological polar surface area (TPSA) is 91.5 Å². The van der Waals surface area contributed by atoms with Gasteiger partial charge >= 0.3 is 6.09 Å². The number of hydrogen-bond acceptors (Lipinski definition) is 4. The molecule has 186 valence electrons. The molecule has 0 fully saturated rings. The summed E-state index contributed by atoms with van der Waals surface area (Å²) in [6.45, 7) is 9.99. The van der Waals surface area contributed by atoms with E-state index in [9.17, 15) is 18.8 Å². The van der Waals surface area contributed by atoms with Crippen molar-refractivity contribution in [2.45, 2.75) is 53.1 Å². The van der Waals surface area contributed by atoms with Crippen LogP contribution in [0.5, 0.6) is 0 Å². The van der Waals surface area contributed by atoms with Crippen LogP contribution in [0.4, 0.5) is 15.0 Å². The van der Waals surface area contributed by atoms with Gasteiger partial charge in [-0.3, -0.25) is 9.59 Å². The molecule has 1 aromatic carbocycles. The number of anilines is 1. The van der Waals surface area contributed by atoms with Crippen molar-refractivity contribution in [1.82, 2.24) is 9.88 Å². The molecule has 2 heterocycles. The largest absolute Gasteiger partial charge is 0.444 e. The van der Waals surface area contributed by atoms with Gasteiger partial charge in [-0.1, -0.05) is 25.1 Å². The Kier molecular flexibility index (Phi) is 7.94. The number of carbonyl (C=O) groups is 2. The van der Waals surface area contributed by atoms with E-state index in [0.29, 0.717) is 37.1 Å². The number of hydrogen-bond donors (Lipinski definition) is 2. The average molecular weight is 482 g/mol. The molecule has 3 rings (SSSR count). The number of benzene rings is 1. The van der Waals surface area contributed by atoms with Gasteiger partial charge in [0.15, 0.2) is 5.43 Å². The number of carbonyl (C=O) groups excluding carboxylic acids is 2. The van der Waals surface area contributed by atoms with E-state index in [1.807, 2.05) is 40.7 Å². The van der Waals surface area contributed by atoms with Crippen molar-refractivity contribution in [1.29, 1.82) is 0 Å². The molecule has 2 N–H and O–H groups in total. The Bertz CT molecular complexity index is 1240. The van der Waals surface area contributed by atoms with Crippen LogP contribution in [0.25, 0.3) is 11.1 Å². The molecule has 2 amide bonds. The third kappa shape index (κ3) is 6.47. The molecular weight excluding hydrogens is 449 g/mol. The monoisotopic (exact) mass is 481 g/mol. The van der Waals surface area contributed by atoms with Crippen LogP contribution in [0.2, 0.25) is 0 Å². The smallest absolute Gasteiger partial charge is 0.410 e. The van der Waals surface area contributed by atoms with Crippen molar-refractivity contribution >= 4 is 29.0 Å². The number of pyridine rings is 1. The minimum absolute atomic E-state index is 0.130. The fourth-order valence-corrected chi connectivity index (χ4v) is 3.86. The van der Waals surface area contributed by atoms with E-state index >= 15 is 0 Å². The molecular formula is C27H32FN3O4. The lowest BCUT2D eigenvalue weighted by atomic mass is 9.97. The Hall–Kier alpha value is -3.68. The third-order valence-electron chi connectivity index (χ3n) is 5.67. The molecule has 0 aliphatic carbocycles. The van der Waals surface area contributed by atoms with Gasteiger partial charge in [-0.15, -0.1) is 0 Å². The van der Waals surface area contributed by atoms with Crippen molar-refractivity contribution in [2.24, 2.45) is 0 Å². The first kappa shape index (κ1) is 25.9. The van der Waals surface area contributed by atoms with Crippen LogP contribution in [0, 0.1) is 5.82 Å². The predicted molar refractivity (Wildman–Crippen MR) is 136 cm³/mol. The fraction of sp³-hybridized carbons (Fsp3) is 0.370. The lowest BCUT2D eigenvalue weighted by Crippen LogP contribution is -2.39. The maximum absolute atomic E-state index is 14.9. The molecule has 1 aromatic heterocycles. The number of halogens is 1. The second-order valence-electron chi connectivity index (χ2n) is 9.35. The van der Waals surface area contributed by atoms with Gasteiger partial charge in [0.05, 0.1) is 0 Å². The minimum Gasteiger partial charge on any atom is -0.444 e. The fourth-order valence-electron chi connectivity index (χ4n) is 3.86. The van der Waals surface area contributed by atoms with Gasteiger partial charge in [0.2, 0.25) is 0 Å².